The lowest BCUT2D eigenvalue weighted by molar-refractivity contribution is 0.0906. The van der Waals surface area contributed by atoms with Gasteiger partial charge in [0.1, 0.15) is 5.82 Å². The van der Waals surface area contributed by atoms with Gasteiger partial charge in [0.05, 0.1) is 11.7 Å². The van der Waals surface area contributed by atoms with Crippen LogP contribution in [0.15, 0.2) is 22.7 Å². The number of ether oxygens (including phenoxy) is 1. The third-order valence-corrected chi connectivity index (χ3v) is 3.61. The van der Waals surface area contributed by atoms with Crippen LogP contribution in [-0.4, -0.2) is 25.2 Å². The molecule has 1 fully saturated rings. The number of halogens is 2. The number of carbonyl (C=O) groups excluding carboxylic acids is 1. The van der Waals surface area contributed by atoms with Gasteiger partial charge in [0, 0.05) is 17.6 Å². The molecule has 0 unspecified atom stereocenters. The van der Waals surface area contributed by atoms with E-state index in [9.17, 15) is 9.18 Å². The van der Waals surface area contributed by atoms with Crippen molar-refractivity contribution in [3.05, 3.63) is 34.1 Å². The molecule has 0 radical (unpaired) electrons. The molecule has 1 aromatic carbocycles. The Bertz CT molecular complexity index is 433. The van der Waals surface area contributed by atoms with E-state index in [1.807, 2.05) is 0 Å². The number of hydrogen-bond donors (Lipinski definition) is 1. The van der Waals surface area contributed by atoms with Crippen molar-refractivity contribution in [3.8, 4) is 0 Å². The molecule has 3 nitrogen and oxygen atoms in total. The molecule has 1 aromatic rings. The fourth-order valence-corrected chi connectivity index (χ4v) is 2.52. The molecule has 1 saturated heterocycles. The Balaban J connectivity index is 1.83. The maximum Gasteiger partial charge on any atom is 0.252 e. The van der Waals surface area contributed by atoms with Crippen molar-refractivity contribution in [2.24, 2.45) is 0 Å². The summed E-state index contributed by atoms with van der Waals surface area (Å²) in [6.07, 6.45) is 3.25. The molecule has 5 heteroatoms. The summed E-state index contributed by atoms with van der Waals surface area (Å²) in [4.78, 5) is 11.8. The van der Waals surface area contributed by atoms with E-state index in [1.165, 1.54) is 18.2 Å². The highest BCUT2D eigenvalue weighted by molar-refractivity contribution is 9.10. The van der Waals surface area contributed by atoms with E-state index in [0.29, 0.717) is 16.6 Å². The van der Waals surface area contributed by atoms with E-state index in [2.05, 4.69) is 21.2 Å². The molecule has 1 aliphatic heterocycles. The SMILES string of the molecule is O=C(NCC[C@H]1CCCO1)c1ccc(F)cc1Br. The molecule has 0 aromatic heterocycles. The quantitative estimate of drug-likeness (QED) is 0.927. The highest BCUT2D eigenvalue weighted by Gasteiger charge is 2.16. The number of amides is 1. The summed E-state index contributed by atoms with van der Waals surface area (Å²) in [6, 6.07) is 4.04. The van der Waals surface area contributed by atoms with Crippen molar-refractivity contribution >= 4 is 21.8 Å². The fraction of sp³-hybridized carbons (Fsp3) is 0.462. The first-order valence-corrected chi connectivity index (χ1v) is 6.81. The van der Waals surface area contributed by atoms with E-state index >= 15 is 0 Å². The maximum atomic E-state index is 12.9. The van der Waals surface area contributed by atoms with Crippen molar-refractivity contribution in [3.63, 3.8) is 0 Å². The van der Waals surface area contributed by atoms with Crippen molar-refractivity contribution in [1.82, 2.24) is 5.32 Å². The number of rotatable bonds is 4. The molecular weight excluding hydrogens is 301 g/mol. The Morgan fingerprint density at radius 2 is 2.39 bits per heavy atom. The van der Waals surface area contributed by atoms with Crippen LogP contribution in [0.2, 0.25) is 0 Å². The summed E-state index contributed by atoms with van der Waals surface area (Å²) in [5.41, 5.74) is 0.448. The Kier molecular flexibility index (Phi) is 4.72. The largest absolute Gasteiger partial charge is 0.378 e. The minimum absolute atomic E-state index is 0.195. The van der Waals surface area contributed by atoms with Gasteiger partial charge in [-0.15, -0.1) is 0 Å². The Hall–Kier alpha value is -0.940. The average Bonchev–Trinajstić information content (AvgIpc) is 2.81. The molecule has 1 aliphatic rings. The summed E-state index contributed by atoms with van der Waals surface area (Å²) in [7, 11) is 0. The monoisotopic (exact) mass is 315 g/mol. The first kappa shape index (κ1) is 13.5. The summed E-state index contributed by atoms with van der Waals surface area (Å²) in [5.74, 6) is -0.558. The molecule has 2 rings (SSSR count). The number of hydrogen-bond acceptors (Lipinski definition) is 2. The van der Waals surface area contributed by atoms with Gasteiger partial charge in [0.15, 0.2) is 0 Å². The minimum atomic E-state index is -0.363. The highest BCUT2D eigenvalue weighted by atomic mass is 79.9. The van der Waals surface area contributed by atoms with Crippen molar-refractivity contribution < 1.29 is 13.9 Å². The molecule has 18 heavy (non-hydrogen) atoms. The second-order valence-corrected chi connectivity index (χ2v) is 5.16. The number of benzene rings is 1. The van der Waals surface area contributed by atoms with Gasteiger partial charge < -0.3 is 10.1 Å². The zero-order valence-corrected chi connectivity index (χ0v) is 11.5. The maximum absolute atomic E-state index is 12.9. The zero-order chi connectivity index (χ0) is 13.0. The standard InChI is InChI=1S/C13H15BrFNO2/c14-12-8-9(15)3-4-11(12)13(17)16-6-5-10-2-1-7-18-10/h3-4,8,10H,1-2,5-7H2,(H,16,17)/t10-/m1/s1. The third-order valence-electron chi connectivity index (χ3n) is 2.95. The van der Waals surface area contributed by atoms with Gasteiger partial charge in [0.2, 0.25) is 0 Å². The normalized spacial score (nSPS) is 18.9. The predicted molar refractivity (Wildman–Crippen MR) is 70.0 cm³/mol. The fourth-order valence-electron chi connectivity index (χ4n) is 1.99. The van der Waals surface area contributed by atoms with E-state index < -0.39 is 0 Å². The van der Waals surface area contributed by atoms with Gasteiger partial charge >= 0.3 is 0 Å². The topological polar surface area (TPSA) is 38.3 Å². The summed E-state index contributed by atoms with van der Waals surface area (Å²) < 4.78 is 18.8. The van der Waals surface area contributed by atoms with Crippen LogP contribution in [0.5, 0.6) is 0 Å². The van der Waals surface area contributed by atoms with E-state index in [-0.39, 0.29) is 17.8 Å². The Morgan fingerprint density at radius 3 is 3.06 bits per heavy atom. The minimum Gasteiger partial charge on any atom is -0.378 e. The first-order chi connectivity index (χ1) is 8.66. The van der Waals surface area contributed by atoms with Gasteiger partial charge in [-0.25, -0.2) is 4.39 Å². The van der Waals surface area contributed by atoms with E-state index in [1.54, 1.807) is 0 Å². The van der Waals surface area contributed by atoms with Crippen LogP contribution >= 0.6 is 15.9 Å². The molecule has 1 atom stereocenters. The predicted octanol–water partition coefficient (Wildman–Crippen LogP) is 2.89. The van der Waals surface area contributed by atoms with Crippen LogP contribution < -0.4 is 5.32 Å². The molecule has 1 heterocycles. The summed E-state index contributed by atoms with van der Waals surface area (Å²) >= 11 is 3.18. The van der Waals surface area contributed by atoms with Gasteiger partial charge in [0.25, 0.3) is 5.91 Å². The molecule has 1 N–H and O–H groups in total. The smallest absolute Gasteiger partial charge is 0.252 e. The van der Waals surface area contributed by atoms with Crippen LogP contribution in [0.3, 0.4) is 0 Å². The molecular formula is C13H15BrFNO2. The molecule has 0 saturated carbocycles. The van der Waals surface area contributed by atoms with Gasteiger partial charge in [-0.2, -0.15) is 0 Å². The van der Waals surface area contributed by atoms with Crippen molar-refractivity contribution in [2.45, 2.75) is 25.4 Å². The first-order valence-electron chi connectivity index (χ1n) is 6.01. The summed E-state index contributed by atoms with van der Waals surface area (Å²) in [5, 5.41) is 2.81. The van der Waals surface area contributed by atoms with Gasteiger partial charge in [-0.1, -0.05) is 0 Å². The summed E-state index contributed by atoms with van der Waals surface area (Å²) in [6.45, 7) is 1.40. The molecule has 0 bridgehead atoms. The van der Waals surface area contributed by atoms with Crippen LogP contribution in [-0.2, 0) is 4.74 Å². The van der Waals surface area contributed by atoms with E-state index in [4.69, 9.17) is 4.74 Å². The van der Waals surface area contributed by atoms with Crippen LogP contribution in [0.4, 0.5) is 4.39 Å². The Labute approximate surface area is 114 Å². The number of nitrogens with one attached hydrogen (secondary N) is 1. The molecule has 0 spiro atoms. The Morgan fingerprint density at radius 1 is 1.56 bits per heavy atom. The van der Waals surface area contributed by atoms with Gasteiger partial charge in [-0.05, 0) is 53.4 Å². The van der Waals surface area contributed by atoms with Crippen LogP contribution in [0.1, 0.15) is 29.6 Å². The van der Waals surface area contributed by atoms with Crippen molar-refractivity contribution in [2.75, 3.05) is 13.2 Å². The number of carbonyl (C=O) groups is 1. The van der Waals surface area contributed by atoms with Gasteiger partial charge in [-0.3, -0.25) is 4.79 Å². The highest BCUT2D eigenvalue weighted by Crippen LogP contribution is 2.18. The molecule has 0 aliphatic carbocycles. The average molecular weight is 316 g/mol. The lowest BCUT2D eigenvalue weighted by Crippen LogP contribution is -2.27. The second kappa shape index (κ2) is 6.29. The van der Waals surface area contributed by atoms with Crippen molar-refractivity contribution in [1.29, 1.82) is 0 Å². The lowest BCUT2D eigenvalue weighted by atomic mass is 10.1. The van der Waals surface area contributed by atoms with E-state index in [0.717, 1.165) is 25.9 Å². The zero-order valence-electron chi connectivity index (χ0n) is 9.92. The third kappa shape index (κ3) is 3.53. The van der Waals surface area contributed by atoms with Crippen LogP contribution in [0, 0.1) is 5.82 Å². The molecule has 1 amide bonds. The molecule has 98 valence electrons. The second-order valence-electron chi connectivity index (χ2n) is 4.30. The lowest BCUT2D eigenvalue weighted by Gasteiger charge is -2.10. The van der Waals surface area contributed by atoms with Crippen LogP contribution in [0.25, 0.3) is 0 Å².